The number of hydrogen-bond donors (Lipinski definition) is 1. The van der Waals surface area contributed by atoms with Crippen molar-refractivity contribution >= 4 is 0 Å². The maximum Gasteiger partial charge on any atom is 0.118 e. The molecule has 0 aliphatic rings. The highest BCUT2D eigenvalue weighted by molar-refractivity contribution is 5.31. The summed E-state index contributed by atoms with van der Waals surface area (Å²) >= 11 is 0. The highest BCUT2D eigenvalue weighted by Crippen LogP contribution is 2.24. The Morgan fingerprint density at radius 3 is 2.36 bits per heavy atom. The molecule has 1 rings (SSSR count). The molecule has 0 spiro atoms. The highest BCUT2D eigenvalue weighted by Gasteiger charge is 2.09. The van der Waals surface area contributed by atoms with E-state index in [1.807, 2.05) is 18.2 Å². The molecule has 1 aromatic carbocycles. The predicted octanol–water partition coefficient (Wildman–Crippen LogP) is 3.76. The second-order valence-corrected chi connectivity index (χ2v) is 5.04. The van der Waals surface area contributed by atoms with E-state index in [2.05, 4.69) is 20.8 Å². The van der Waals surface area contributed by atoms with E-state index in [-0.39, 0.29) is 0 Å². The summed E-state index contributed by atoms with van der Waals surface area (Å²) in [5, 5.41) is 9.54. The van der Waals surface area contributed by atoms with Crippen molar-refractivity contribution in [1.29, 1.82) is 0 Å². The summed E-state index contributed by atoms with van der Waals surface area (Å²) in [6.07, 6.45) is 3.31. The zero-order valence-electron chi connectivity index (χ0n) is 9.38. The molecule has 14 heavy (non-hydrogen) atoms. The van der Waals surface area contributed by atoms with Crippen molar-refractivity contribution in [3.8, 4) is 5.75 Å². The molecule has 0 fully saturated rings. The quantitative estimate of drug-likeness (QED) is 0.773. The van der Waals surface area contributed by atoms with Gasteiger partial charge in [-0.2, -0.15) is 0 Å². The third kappa shape index (κ3) is 3.82. The molecule has 0 bridgehead atoms. The van der Waals surface area contributed by atoms with Gasteiger partial charge in [0.25, 0.3) is 0 Å². The molecule has 1 heteroatoms. The van der Waals surface area contributed by atoms with Gasteiger partial charge < -0.3 is 5.11 Å². The highest BCUT2D eigenvalue weighted by atomic mass is 16.3. The minimum absolute atomic E-state index is 0.393. The van der Waals surface area contributed by atoms with Crippen molar-refractivity contribution in [2.45, 2.75) is 40.0 Å². The Morgan fingerprint density at radius 1 is 1.14 bits per heavy atom. The largest absolute Gasteiger partial charge is 0.508 e. The van der Waals surface area contributed by atoms with Crippen LogP contribution in [0.2, 0.25) is 0 Å². The van der Waals surface area contributed by atoms with Crippen molar-refractivity contribution < 1.29 is 5.11 Å². The van der Waals surface area contributed by atoms with Gasteiger partial charge in [0, 0.05) is 0 Å². The average Bonchev–Trinajstić information content (AvgIpc) is 2.06. The topological polar surface area (TPSA) is 20.2 Å². The molecule has 1 N–H and O–H groups in total. The van der Waals surface area contributed by atoms with Crippen molar-refractivity contribution in [1.82, 2.24) is 0 Å². The molecule has 0 amide bonds. The summed E-state index contributed by atoms with van der Waals surface area (Å²) < 4.78 is 0. The van der Waals surface area contributed by atoms with E-state index in [0.717, 1.165) is 18.4 Å². The number of hydrogen-bond acceptors (Lipinski definition) is 1. The van der Waals surface area contributed by atoms with Crippen LogP contribution in [-0.2, 0) is 6.42 Å². The Labute approximate surface area is 86.8 Å². The van der Waals surface area contributed by atoms with Crippen LogP contribution in [0.15, 0.2) is 24.3 Å². The number of aryl methyl sites for hydroxylation is 1. The molecule has 0 aliphatic heterocycles. The predicted molar refractivity (Wildman–Crippen MR) is 60.5 cm³/mol. The minimum atomic E-state index is 0.393. The first-order valence-corrected chi connectivity index (χ1v) is 5.26. The third-order valence-corrected chi connectivity index (χ3v) is 2.36. The normalized spacial score (nSPS) is 11.6. The van der Waals surface area contributed by atoms with Gasteiger partial charge in [0.1, 0.15) is 5.75 Å². The minimum Gasteiger partial charge on any atom is -0.508 e. The van der Waals surface area contributed by atoms with Crippen molar-refractivity contribution in [3.05, 3.63) is 29.8 Å². The zero-order chi connectivity index (χ0) is 10.6. The zero-order valence-corrected chi connectivity index (χ0v) is 9.38. The fraction of sp³-hybridized carbons (Fsp3) is 0.538. The van der Waals surface area contributed by atoms with Crippen LogP contribution in [0.5, 0.6) is 5.75 Å². The molecular formula is C13H20O. The Kier molecular flexibility index (Phi) is 3.56. The number of phenolic OH excluding ortho intramolecular Hbond substituents is 1. The summed E-state index contributed by atoms with van der Waals surface area (Å²) in [5.74, 6) is 0.432. The standard InChI is InChI=1S/C13H20O/c1-13(2,3)10-6-8-11-7-4-5-9-12(11)14/h4-5,7,9,14H,6,8,10H2,1-3H3. The summed E-state index contributed by atoms with van der Waals surface area (Å²) in [7, 11) is 0. The van der Waals surface area contributed by atoms with Crippen LogP contribution < -0.4 is 0 Å². The first kappa shape index (κ1) is 11.1. The summed E-state index contributed by atoms with van der Waals surface area (Å²) in [4.78, 5) is 0. The summed E-state index contributed by atoms with van der Waals surface area (Å²) in [5.41, 5.74) is 1.46. The van der Waals surface area contributed by atoms with Gasteiger partial charge in [-0.25, -0.2) is 0 Å². The van der Waals surface area contributed by atoms with E-state index < -0.39 is 0 Å². The Bertz CT molecular complexity index is 284. The van der Waals surface area contributed by atoms with Gasteiger partial charge in [0.05, 0.1) is 0 Å². The van der Waals surface area contributed by atoms with Crippen molar-refractivity contribution in [2.24, 2.45) is 5.41 Å². The van der Waals surface area contributed by atoms with E-state index in [9.17, 15) is 5.11 Å². The van der Waals surface area contributed by atoms with Crippen LogP contribution in [0.3, 0.4) is 0 Å². The average molecular weight is 192 g/mol. The van der Waals surface area contributed by atoms with Crippen molar-refractivity contribution in [3.63, 3.8) is 0 Å². The Balaban J connectivity index is 2.43. The number of phenols is 1. The summed E-state index contributed by atoms with van der Waals surface area (Å²) in [6.45, 7) is 6.74. The fourth-order valence-electron chi connectivity index (χ4n) is 1.53. The Morgan fingerprint density at radius 2 is 1.79 bits per heavy atom. The molecule has 1 nitrogen and oxygen atoms in total. The molecule has 0 radical (unpaired) electrons. The third-order valence-electron chi connectivity index (χ3n) is 2.36. The van der Waals surface area contributed by atoms with Crippen LogP contribution in [0.25, 0.3) is 0 Å². The molecule has 0 saturated carbocycles. The van der Waals surface area contributed by atoms with E-state index in [1.54, 1.807) is 6.07 Å². The second-order valence-electron chi connectivity index (χ2n) is 5.04. The fourth-order valence-corrected chi connectivity index (χ4v) is 1.53. The first-order chi connectivity index (χ1) is 6.49. The molecule has 0 heterocycles. The lowest BCUT2D eigenvalue weighted by molar-refractivity contribution is 0.364. The van der Waals surface area contributed by atoms with E-state index in [4.69, 9.17) is 0 Å². The van der Waals surface area contributed by atoms with Crippen LogP contribution in [0, 0.1) is 5.41 Å². The smallest absolute Gasteiger partial charge is 0.118 e. The van der Waals surface area contributed by atoms with E-state index in [1.165, 1.54) is 6.42 Å². The van der Waals surface area contributed by atoms with E-state index in [0.29, 0.717) is 11.2 Å². The number of rotatable bonds is 3. The van der Waals surface area contributed by atoms with E-state index >= 15 is 0 Å². The van der Waals surface area contributed by atoms with Gasteiger partial charge in [-0.3, -0.25) is 0 Å². The van der Waals surface area contributed by atoms with Gasteiger partial charge in [-0.15, -0.1) is 0 Å². The molecule has 1 aromatic rings. The first-order valence-electron chi connectivity index (χ1n) is 5.26. The van der Waals surface area contributed by atoms with Crippen molar-refractivity contribution in [2.75, 3.05) is 0 Å². The number of benzene rings is 1. The molecule has 0 unspecified atom stereocenters. The molecule has 0 aromatic heterocycles. The Hall–Kier alpha value is -0.980. The number of aromatic hydroxyl groups is 1. The van der Waals surface area contributed by atoms with Gasteiger partial charge in [0.15, 0.2) is 0 Å². The molecule has 0 saturated heterocycles. The molecule has 78 valence electrons. The second kappa shape index (κ2) is 4.50. The maximum absolute atomic E-state index is 9.54. The molecular weight excluding hydrogens is 172 g/mol. The molecule has 0 atom stereocenters. The lowest BCUT2D eigenvalue weighted by Crippen LogP contribution is -2.04. The van der Waals surface area contributed by atoms with Crippen LogP contribution >= 0.6 is 0 Å². The van der Waals surface area contributed by atoms with Gasteiger partial charge in [-0.05, 0) is 36.3 Å². The number of para-hydroxylation sites is 1. The SMILES string of the molecule is CC(C)(C)CCCc1ccccc1O. The van der Waals surface area contributed by atoms with Gasteiger partial charge >= 0.3 is 0 Å². The maximum atomic E-state index is 9.54. The monoisotopic (exact) mass is 192 g/mol. The lowest BCUT2D eigenvalue weighted by Gasteiger charge is -2.17. The summed E-state index contributed by atoms with van der Waals surface area (Å²) in [6, 6.07) is 7.60. The van der Waals surface area contributed by atoms with Gasteiger partial charge in [0.2, 0.25) is 0 Å². The van der Waals surface area contributed by atoms with Crippen LogP contribution in [-0.4, -0.2) is 5.11 Å². The van der Waals surface area contributed by atoms with Crippen LogP contribution in [0.4, 0.5) is 0 Å². The van der Waals surface area contributed by atoms with Gasteiger partial charge in [-0.1, -0.05) is 39.0 Å². The van der Waals surface area contributed by atoms with Crippen LogP contribution in [0.1, 0.15) is 39.2 Å². The molecule has 0 aliphatic carbocycles. The lowest BCUT2D eigenvalue weighted by atomic mass is 9.89.